The number of imidazole rings is 1. The lowest BCUT2D eigenvalue weighted by Gasteiger charge is -2.10. The second kappa shape index (κ2) is 5.21. The molecule has 0 fully saturated rings. The van der Waals surface area contributed by atoms with Crippen molar-refractivity contribution < 1.29 is 0 Å². The van der Waals surface area contributed by atoms with E-state index < -0.39 is 0 Å². The summed E-state index contributed by atoms with van der Waals surface area (Å²) in [6, 6.07) is 8.45. The van der Waals surface area contributed by atoms with Crippen LogP contribution in [0.2, 0.25) is 0 Å². The summed E-state index contributed by atoms with van der Waals surface area (Å²) < 4.78 is 2.06. The van der Waals surface area contributed by atoms with Crippen LogP contribution in [0.1, 0.15) is 13.8 Å². The van der Waals surface area contributed by atoms with Gasteiger partial charge in [-0.3, -0.25) is 0 Å². The van der Waals surface area contributed by atoms with Gasteiger partial charge in [-0.05, 0) is 18.1 Å². The number of para-hydroxylation sites is 1. The molecule has 0 bridgehead atoms. The first-order valence-corrected chi connectivity index (χ1v) is 6.46. The molecule has 2 aromatic rings. The van der Waals surface area contributed by atoms with Crippen LogP contribution in [0, 0.1) is 5.92 Å². The summed E-state index contributed by atoms with van der Waals surface area (Å²) in [6.45, 7) is 4.49. The molecule has 1 heterocycles. The van der Waals surface area contributed by atoms with Gasteiger partial charge in [0, 0.05) is 23.0 Å². The first kappa shape index (κ1) is 11.3. The van der Waals surface area contributed by atoms with Gasteiger partial charge in [0.25, 0.3) is 0 Å². The van der Waals surface area contributed by atoms with Gasteiger partial charge >= 0.3 is 0 Å². The third kappa shape index (κ3) is 2.67. The number of nitrogens with zero attached hydrogens (tertiary/aromatic N) is 2. The van der Waals surface area contributed by atoms with E-state index in [1.54, 1.807) is 0 Å². The molecule has 1 aromatic carbocycles. The van der Waals surface area contributed by atoms with Gasteiger partial charge in [0.1, 0.15) is 0 Å². The van der Waals surface area contributed by atoms with E-state index in [4.69, 9.17) is 0 Å². The molecule has 0 unspecified atom stereocenters. The molecule has 0 aliphatic heterocycles. The van der Waals surface area contributed by atoms with Crippen LogP contribution in [0.15, 0.2) is 47.9 Å². The van der Waals surface area contributed by atoms with Gasteiger partial charge in [0.2, 0.25) is 0 Å². The second-order valence-corrected chi connectivity index (χ2v) is 5.20. The number of aromatic nitrogens is 2. The molecule has 1 aromatic heterocycles. The van der Waals surface area contributed by atoms with Crippen LogP contribution >= 0.6 is 11.8 Å². The van der Waals surface area contributed by atoms with Crippen LogP contribution in [-0.4, -0.2) is 15.3 Å². The van der Waals surface area contributed by atoms with Crippen LogP contribution in [0.5, 0.6) is 0 Å². The number of hydrogen-bond acceptors (Lipinski definition) is 2. The van der Waals surface area contributed by atoms with Gasteiger partial charge in [0.05, 0.1) is 12.0 Å². The molecule has 0 saturated carbocycles. The number of hydrogen-bond donors (Lipinski definition) is 0. The van der Waals surface area contributed by atoms with Gasteiger partial charge < -0.3 is 4.57 Å². The minimum absolute atomic E-state index is 0.709. The van der Waals surface area contributed by atoms with E-state index in [0.717, 1.165) is 5.75 Å². The second-order valence-electron chi connectivity index (χ2n) is 4.14. The number of benzene rings is 1. The maximum atomic E-state index is 4.09. The van der Waals surface area contributed by atoms with E-state index in [1.807, 2.05) is 30.5 Å². The summed E-state index contributed by atoms with van der Waals surface area (Å²) in [4.78, 5) is 5.40. The van der Waals surface area contributed by atoms with E-state index in [9.17, 15) is 0 Å². The summed E-state index contributed by atoms with van der Waals surface area (Å²) in [6.07, 6.45) is 5.63. The van der Waals surface area contributed by atoms with Crippen molar-refractivity contribution in [1.82, 2.24) is 9.55 Å². The summed E-state index contributed by atoms with van der Waals surface area (Å²) in [5, 5.41) is 0. The highest BCUT2D eigenvalue weighted by molar-refractivity contribution is 7.99. The van der Waals surface area contributed by atoms with Crippen molar-refractivity contribution >= 4 is 11.8 Å². The van der Waals surface area contributed by atoms with Gasteiger partial charge in [-0.15, -0.1) is 11.8 Å². The lowest BCUT2D eigenvalue weighted by molar-refractivity contribution is 0.750. The van der Waals surface area contributed by atoms with Crippen molar-refractivity contribution in [3.8, 4) is 5.69 Å². The average Bonchev–Trinajstić information content (AvgIpc) is 2.80. The summed E-state index contributed by atoms with van der Waals surface area (Å²) in [5.41, 5.74) is 1.21. The molecule has 0 aliphatic carbocycles. The molecule has 0 N–H and O–H groups in total. The van der Waals surface area contributed by atoms with Crippen LogP contribution in [0.25, 0.3) is 5.69 Å². The zero-order chi connectivity index (χ0) is 11.4. The molecule has 2 rings (SSSR count). The number of rotatable bonds is 4. The Hall–Kier alpha value is -1.22. The molecule has 0 amide bonds. The normalized spacial score (nSPS) is 10.9. The van der Waals surface area contributed by atoms with Crippen molar-refractivity contribution in [2.24, 2.45) is 5.92 Å². The highest BCUT2D eigenvalue weighted by atomic mass is 32.2. The zero-order valence-electron chi connectivity index (χ0n) is 9.63. The van der Waals surface area contributed by atoms with Crippen LogP contribution in [0.4, 0.5) is 0 Å². The largest absolute Gasteiger partial charge is 0.305 e. The zero-order valence-corrected chi connectivity index (χ0v) is 10.4. The van der Waals surface area contributed by atoms with Crippen molar-refractivity contribution in [2.45, 2.75) is 18.7 Å². The molecule has 0 saturated heterocycles. The van der Waals surface area contributed by atoms with Crippen LogP contribution in [-0.2, 0) is 0 Å². The third-order valence-corrected chi connectivity index (χ3v) is 3.71. The highest BCUT2D eigenvalue weighted by Crippen LogP contribution is 2.27. The topological polar surface area (TPSA) is 17.8 Å². The van der Waals surface area contributed by atoms with Crippen LogP contribution < -0.4 is 0 Å². The van der Waals surface area contributed by atoms with E-state index in [0.29, 0.717) is 5.92 Å². The smallest absolute Gasteiger partial charge is 0.0992 e. The van der Waals surface area contributed by atoms with Crippen molar-refractivity contribution in [2.75, 3.05) is 5.75 Å². The standard InChI is InChI=1S/C13H16N2S/c1-11(2)9-16-13-6-4-3-5-12(13)15-8-7-14-10-15/h3-8,10-11H,9H2,1-2H3. The Balaban J connectivity index is 2.24. The van der Waals surface area contributed by atoms with E-state index in [-0.39, 0.29) is 0 Å². The molecular formula is C13H16N2S. The Morgan fingerprint density at radius 1 is 1.31 bits per heavy atom. The fraction of sp³-hybridized carbons (Fsp3) is 0.308. The maximum Gasteiger partial charge on any atom is 0.0992 e. The molecule has 84 valence electrons. The number of thioether (sulfide) groups is 1. The predicted octanol–water partition coefficient (Wildman–Crippen LogP) is 3.62. The Kier molecular flexibility index (Phi) is 3.67. The Morgan fingerprint density at radius 3 is 2.81 bits per heavy atom. The lowest BCUT2D eigenvalue weighted by atomic mass is 10.3. The Morgan fingerprint density at radius 2 is 2.12 bits per heavy atom. The minimum Gasteiger partial charge on any atom is -0.305 e. The van der Waals surface area contributed by atoms with Crippen molar-refractivity contribution in [3.63, 3.8) is 0 Å². The van der Waals surface area contributed by atoms with Gasteiger partial charge in [-0.25, -0.2) is 4.98 Å². The summed E-state index contributed by atoms with van der Waals surface area (Å²) >= 11 is 1.90. The first-order valence-electron chi connectivity index (χ1n) is 5.47. The van der Waals surface area contributed by atoms with Gasteiger partial charge in [-0.1, -0.05) is 26.0 Å². The Bertz CT molecular complexity index is 435. The lowest BCUT2D eigenvalue weighted by Crippen LogP contribution is -1.95. The monoisotopic (exact) mass is 232 g/mol. The van der Waals surface area contributed by atoms with E-state index >= 15 is 0 Å². The van der Waals surface area contributed by atoms with Crippen LogP contribution in [0.3, 0.4) is 0 Å². The molecule has 0 atom stereocenters. The molecule has 0 aliphatic rings. The quantitative estimate of drug-likeness (QED) is 0.749. The van der Waals surface area contributed by atoms with E-state index in [1.165, 1.54) is 10.6 Å². The minimum atomic E-state index is 0.709. The fourth-order valence-corrected chi connectivity index (χ4v) is 2.46. The molecule has 2 nitrogen and oxygen atoms in total. The van der Waals surface area contributed by atoms with Crippen molar-refractivity contribution in [3.05, 3.63) is 43.0 Å². The molecular weight excluding hydrogens is 216 g/mol. The van der Waals surface area contributed by atoms with E-state index in [2.05, 4.69) is 47.7 Å². The average molecular weight is 232 g/mol. The third-order valence-electron chi connectivity index (χ3n) is 2.22. The molecule has 3 heteroatoms. The maximum absolute atomic E-state index is 4.09. The molecule has 0 radical (unpaired) electrons. The fourth-order valence-electron chi connectivity index (χ4n) is 1.45. The summed E-state index contributed by atoms with van der Waals surface area (Å²) in [7, 11) is 0. The predicted molar refractivity (Wildman–Crippen MR) is 69.1 cm³/mol. The highest BCUT2D eigenvalue weighted by Gasteiger charge is 2.04. The Labute approximate surface area is 101 Å². The summed E-state index contributed by atoms with van der Waals surface area (Å²) in [5.74, 6) is 1.85. The first-order chi connectivity index (χ1) is 7.77. The molecule has 0 spiro atoms. The van der Waals surface area contributed by atoms with Gasteiger partial charge in [0.15, 0.2) is 0 Å². The van der Waals surface area contributed by atoms with Crippen molar-refractivity contribution in [1.29, 1.82) is 0 Å². The molecule has 16 heavy (non-hydrogen) atoms. The SMILES string of the molecule is CC(C)CSc1ccccc1-n1ccnc1. The van der Waals surface area contributed by atoms with Gasteiger partial charge in [-0.2, -0.15) is 0 Å².